The molecule has 1 fully saturated rings. The summed E-state index contributed by atoms with van der Waals surface area (Å²) in [4.78, 5) is 18.7. The van der Waals surface area contributed by atoms with E-state index in [1.165, 1.54) is 6.42 Å². The third-order valence-corrected chi connectivity index (χ3v) is 5.04. The lowest BCUT2D eigenvalue weighted by atomic mass is 10.0. The highest BCUT2D eigenvalue weighted by molar-refractivity contribution is 5.76. The Morgan fingerprint density at radius 1 is 1.00 bits per heavy atom. The van der Waals surface area contributed by atoms with Crippen LogP contribution in [0.3, 0.4) is 0 Å². The number of hydrogen-bond acceptors (Lipinski definition) is 3. The number of carbonyl (C=O) groups excluding carboxylic acids is 1. The number of amides is 1. The van der Waals surface area contributed by atoms with Gasteiger partial charge in [-0.05, 0) is 61.6 Å². The molecule has 4 rings (SSSR count). The lowest BCUT2D eigenvalue weighted by Crippen LogP contribution is -2.37. The minimum atomic E-state index is 0.158. The molecule has 5 heteroatoms. The monoisotopic (exact) mass is 360 g/mol. The van der Waals surface area contributed by atoms with Crippen LogP contribution in [0.5, 0.6) is 0 Å². The number of aryl methyl sites for hydroxylation is 1. The quantitative estimate of drug-likeness (QED) is 0.708. The van der Waals surface area contributed by atoms with Crippen molar-refractivity contribution in [2.75, 3.05) is 13.1 Å². The molecule has 0 atom stereocenters. The summed E-state index contributed by atoms with van der Waals surface area (Å²) in [7, 11) is 0. The number of nitrogens with zero attached hydrogens (tertiary/aromatic N) is 4. The smallest absolute Gasteiger partial charge is 0.244 e. The minimum Gasteiger partial charge on any atom is -0.341 e. The number of rotatable bonds is 4. The lowest BCUT2D eigenvalue weighted by molar-refractivity contribution is -0.132. The summed E-state index contributed by atoms with van der Waals surface area (Å²) in [6.07, 6.45) is 7.16. The Morgan fingerprint density at radius 3 is 2.59 bits per heavy atom. The fraction of sp³-hybridized carbons (Fsp3) is 0.318. The Kier molecular flexibility index (Phi) is 5.01. The molecule has 27 heavy (non-hydrogen) atoms. The van der Waals surface area contributed by atoms with Crippen molar-refractivity contribution in [1.29, 1.82) is 0 Å². The van der Waals surface area contributed by atoms with Crippen LogP contribution in [0.2, 0.25) is 0 Å². The van der Waals surface area contributed by atoms with Gasteiger partial charge in [0, 0.05) is 36.7 Å². The van der Waals surface area contributed by atoms with Crippen LogP contribution in [-0.2, 0) is 11.3 Å². The Hall–Kier alpha value is -2.95. The Bertz CT molecular complexity index is 941. The number of carbonyl (C=O) groups is 1. The number of piperidine rings is 1. The average molecular weight is 360 g/mol. The molecule has 0 saturated carbocycles. The van der Waals surface area contributed by atoms with Crippen molar-refractivity contribution in [3.05, 3.63) is 60.6 Å². The van der Waals surface area contributed by atoms with Crippen LogP contribution < -0.4 is 0 Å². The molecule has 1 amide bonds. The second kappa shape index (κ2) is 7.74. The summed E-state index contributed by atoms with van der Waals surface area (Å²) < 4.78 is 1.75. The number of pyridine rings is 1. The predicted molar refractivity (Wildman–Crippen MR) is 106 cm³/mol. The van der Waals surface area contributed by atoms with Gasteiger partial charge in [-0.2, -0.15) is 5.10 Å². The number of aromatic nitrogens is 3. The highest BCUT2D eigenvalue weighted by atomic mass is 16.2. The first-order chi connectivity index (χ1) is 13.2. The maximum Gasteiger partial charge on any atom is 0.244 e. The van der Waals surface area contributed by atoms with Crippen molar-refractivity contribution in [3.63, 3.8) is 0 Å². The van der Waals surface area contributed by atoms with E-state index in [4.69, 9.17) is 0 Å². The molecular weight excluding hydrogens is 336 g/mol. The van der Waals surface area contributed by atoms with Gasteiger partial charge in [-0.25, -0.2) is 0 Å². The first kappa shape index (κ1) is 17.5. The molecule has 1 aliphatic heterocycles. The van der Waals surface area contributed by atoms with Crippen molar-refractivity contribution >= 4 is 5.91 Å². The molecule has 0 bridgehead atoms. The van der Waals surface area contributed by atoms with Gasteiger partial charge in [0.2, 0.25) is 5.91 Å². The number of hydrogen-bond donors (Lipinski definition) is 0. The second-order valence-electron chi connectivity index (χ2n) is 7.11. The topological polar surface area (TPSA) is 51.0 Å². The highest BCUT2D eigenvalue weighted by Crippen LogP contribution is 2.25. The summed E-state index contributed by atoms with van der Waals surface area (Å²) in [5.74, 6) is 0.158. The molecule has 3 aromatic rings. The van der Waals surface area contributed by atoms with E-state index < -0.39 is 0 Å². The molecule has 1 aromatic carbocycles. The maximum absolute atomic E-state index is 12.4. The zero-order valence-electron chi connectivity index (χ0n) is 15.6. The molecule has 1 aliphatic rings. The van der Waals surface area contributed by atoms with Crippen molar-refractivity contribution < 1.29 is 4.79 Å². The largest absolute Gasteiger partial charge is 0.341 e. The first-order valence-corrected chi connectivity index (χ1v) is 9.54. The summed E-state index contributed by atoms with van der Waals surface area (Å²) in [6, 6.07) is 14.4. The van der Waals surface area contributed by atoms with E-state index in [1.807, 2.05) is 42.4 Å². The third kappa shape index (κ3) is 4.08. The summed E-state index contributed by atoms with van der Waals surface area (Å²) >= 11 is 0. The van der Waals surface area contributed by atoms with E-state index in [0.717, 1.165) is 54.0 Å². The van der Waals surface area contributed by atoms with Gasteiger partial charge in [0.05, 0.1) is 5.69 Å². The summed E-state index contributed by atoms with van der Waals surface area (Å²) in [6.45, 7) is 4.05. The SMILES string of the molecule is Cc1cc(-c2cccc(-c3ccn(CC(=O)N4CCCCC4)n3)c2)ccn1. The van der Waals surface area contributed by atoms with Gasteiger partial charge in [-0.1, -0.05) is 18.2 Å². The molecule has 0 radical (unpaired) electrons. The summed E-state index contributed by atoms with van der Waals surface area (Å²) in [5.41, 5.74) is 5.21. The summed E-state index contributed by atoms with van der Waals surface area (Å²) in [5, 5.41) is 4.62. The molecule has 2 aromatic heterocycles. The van der Waals surface area contributed by atoms with Crippen molar-refractivity contribution in [2.24, 2.45) is 0 Å². The standard InChI is InChI=1S/C22H24N4O/c1-17-14-19(8-10-23-17)18-6-5-7-20(15-18)21-9-13-26(24-21)16-22(27)25-11-3-2-4-12-25/h5-10,13-15H,2-4,11-12,16H2,1H3. The molecule has 3 heterocycles. The first-order valence-electron chi connectivity index (χ1n) is 9.54. The predicted octanol–water partition coefficient (Wildman–Crippen LogP) is 3.93. The zero-order chi connectivity index (χ0) is 18.6. The van der Waals surface area contributed by atoms with Gasteiger partial charge in [-0.15, -0.1) is 0 Å². The molecule has 0 N–H and O–H groups in total. The van der Waals surface area contributed by atoms with Crippen LogP contribution in [0.15, 0.2) is 54.9 Å². The molecule has 0 unspecified atom stereocenters. The zero-order valence-corrected chi connectivity index (χ0v) is 15.6. The van der Waals surface area contributed by atoms with Crippen molar-refractivity contribution in [1.82, 2.24) is 19.7 Å². The fourth-order valence-electron chi connectivity index (χ4n) is 3.57. The highest BCUT2D eigenvalue weighted by Gasteiger charge is 2.17. The molecule has 5 nitrogen and oxygen atoms in total. The van der Waals surface area contributed by atoms with Gasteiger partial charge in [-0.3, -0.25) is 14.5 Å². The molecular formula is C22H24N4O. The van der Waals surface area contributed by atoms with Gasteiger partial charge < -0.3 is 4.90 Å². The van der Waals surface area contributed by atoms with Gasteiger partial charge in [0.1, 0.15) is 6.54 Å². The maximum atomic E-state index is 12.4. The van der Waals surface area contributed by atoms with E-state index in [1.54, 1.807) is 4.68 Å². The van der Waals surface area contributed by atoms with E-state index in [2.05, 4.69) is 34.3 Å². The van der Waals surface area contributed by atoms with Gasteiger partial charge in [0.15, 0.2) is 0 Å². The van der Waals surface area contributed by atoms with Crippen LogP contribution in [0.1, 0.15) is 25.0 Å². The number of likely N-dealkylation sites (tertiary alicyclic amines) is 1. The van der Waals surface area contributed by atoms with E-state index >= 15 is 0 Å². The van der Waals surface area contributed by atoms with Crippen LogP contribution >= 0.6 is 0 Å². The molecule has 0 aliphatic carbocycles. The fourth-order valence-corrected chi connectivity index (χ4v) is 3.57. The minimum absolute atomic E-state index is 0.158. The van der Waals surface area contributed by atoms with Crippen LogP contribution in [0, 0.1) is 6.92 Å². The van der Waals surface area contributed by atoms with Gasteiger partial charge in [0.25, 0.3) is 0 Å². The average Bonchev–Trinajstić information content (AvgIpc) is 3.17. The Balaban J connectivity index is 1.51. The normalized spacial score (nSPS) is 14.3. The van der Waals surface area contributed by atoms with Crippen molar-refractivity contribution in [2.45, 2.75) is 32.7 Å². The molecule has 138 valence electrons. The van der Waals surface area contributed by atoms with Crippen LogP contribution in [0.4, 0.5) is 0 Å². The Labute approximate surface area is 159 Å². The van der Waals surface area contributed by atoms with E-state index in [-0.39, 0.29) is 5.91 Å². The van der Waals surface area contributed by atoms with Crippen molar-refractivity contribution in [3.8, 4) is 22.4 Å². The third-order valence-electron chi connectivity index (χ3n) is 5.04. The van der Waals surface area contributed by atoms with E-state index in [9.17, 15) is 4.79 Å². The van der Waals surface area contributed by atoms with Crippen LogP contribution in [0.25, 0.3) is 22.4 Å². The molecule has 0 spiro atoms. The molecule has 1 saturated heterocycles. The lowest BCUT2D eigenvalue weighted by Gasteiger charge is -2.26. The number of benzene rings is 1. The van der Waals surface area contributed by atoms with E-state index in [0.29, 0.717) is 6.54 Å². The second-order valence-corrected chi connectivity index (χ2v) is 7.11. The van der Waals surface area contributed by atoms with Gasteiger partial charge >= 0.3 is 0 Å². The Morgan fingerprint density at radius 2 is 1.78 bits per heavy atom. The van der Waals surface area contributed by atoms with Crippen LogP contribution in [-0.4, -0.2) is 38.7 Å².